The number of guanidine groups is 1. The number of aliphatic imine (C=N–C) groups is 1. The zero-order chi connectivity index (χ0) is 21.7. The minimum absolute atomic E-state index is 0.00284. The molecule has 2 fully saturated rings. The van der Waals surface area contributed by atoms with Crippen molar-refractivity contribution < 1.29 is 14.3 Å². The molecule has 0 aromatic carbocycles. The van der Waals surface area contributed by atoms with Gasteiger partial charge < -0.3 is 24.6 Å². The van der Waals surface area contributed by atoms with Gasteiger partial charge in [0.05, 0.1) is 19.3 Å². The average Bonchev–Trinajstić information content (AvgIpc) is 3.14. The van der Waals surface area contributed by atoms with E-state index in [0.29, 0.717) is 12.5 Å². The van der Waals surface area contributed by atoms with Gasteiger partial charge in [-0.05, 0) is 39.5 Å². The largest absolute Gasteiger partial charge is 0.444 e. The van der Waals surface area contributed by atoms with Crippen molar-refractivity contribution in [2.24, 2.45) is 18.0 Å². The minimum Gasteiger partial charge on any atom is -0.444 e. The van der Waals surface area contributed by atoms with Crippen molar-refractivity contribution in [2.75, 3.05) is 46.4 Å². The number of carbonyl (C=O) groups is 1. The molecule has 0 bridgehead atoms. The summed E-state index contributed by atoms with van der Waals surface area (Å²) in [6, 6.07) is 0. The highest BCUT2D eigenvalue weighted by Crippen LogP contribution is 2.22. The number of nitrogens with zero attached hydrogens (tertiary/aromatic N) is 5. The van der Waals surface area contributed by atoms with Gasteiger partial charge in [-0.2, -0.15) is 5.10 Å². The topological polar surface area (TPSA) is 84.2 Å². The lowest BCUT2D eigenvalue weighted by atomic mass is 9.97. The standard InChI is InChI=1S/C21H36N6O3/c1-21(2,3)30-20(28)26-8-6-16(7-9-26)12-23-19(22-4)27-10-11-29-18(15-27)17-13-24-25(5)14-17/h13-14,16,18H,6-12,15H2,1-5H3,(H,22,23). The van der Waals surface area contributed by atoms with E-state index >= 15 is 0 Å². The zero-order valence-corrected chi connectivity index (χ0v) is 18.9. The van der Waals surface area contributed by atoms with Crippen molar-refractivity contribution in [2.45, 2.75) is 45.3 Å². The van der Waals surface area contributed by atoms with Gasteiger partial charge in [-0.3, -0.25) is 9.67 Å². The van der Waals surface area contributed by atoms with Crippen molar-refractivity contribution in [1.29, 1.82) is 0 Å². The molecule has 9 heteroatoms. The Morgan fingerprint density at radius 3 is 2.63 bits per heavy atom. The van der Waals surface area contributed by atoms with E-state index in [1.165, 1.54) is 0 Å². The number of aromatic nitrogens is 2. The van der Waals surface area contributed by atoms with Crippen LogP contribution in [0.25, 0.3) is 0 Å². The monoisotopic (exact) mass is 420 g/mol. The van der Waals surface area contributed by atoms with E-state index in [2.05, 4.69) is 20.3 Å². The molecule has 9 nitrogen and oxygen atoms in total. The van der Waals surface area contributed by atoms with Crippen LogP contribution in [0.15, 0.2) is 17.4 Å². The molecule has 1 N–H and O–H groups in total. The molecule has 1 amide bonds. The minimum atomic E-state index is -0.451. The summed E-state index contributed by atoms with van der Waals surface area (Å²) in [5.41, 5.74) is 0.639. The Morgan fingerprint density at radius 2 is 2.03 bits per heavy atom. The number of nitrogens with one attached hydrogen (secondary N) is 1. The summed E-state index contributed by atoms with van der Waals surface area (Å²) < 4.78 is 13.2. The van der Waals surface area contributed by atoms with Crippen LogP contribution in [0.1, 0.15) is 45.3 Å². The van der Waals surface area contributed by atoms with Gasteiger partial charge in [-0.1, -0.05) is 0 Å². The highest BCUT2D eigenvalue weighted by Gasteiger charge is 2.28. The van der Waals surface area contributed by atoms with E-state index in [0.717, 1.165) is 57.1 Å². The van der Waals surface area contributed by atoms with Crippen molar-refractivity contribution in [3.8, 4) is 0 Å². The number of likely N-dealkylation sites (tertiary alicyclic amines) is 1. The van der Waals surface area contributed by atoms with Crippen LogP contribution < -0.4 is 5.32 Å². The molecule has 1 atom stereocenters. The summed E-state index contributed by atoms with van der Waals surface area (Å²) in [5.74, 6) is 1.41. The van der Waals surface area contributed by atoms with Crippen molar-refractivity contribution in [1.82, 2.24) is 24.9 Å². The first-order valence-corrected chi connectivity index (χ1v) is 10.8. The Kier molecular flexibility index (Phi) is 7.23. The van der Waals surface area contributed by atoms with Gasteiger partial charge in [0.25, 0.3) is 0 Å². The lowest BCUT2D eigenvalue weighted by Crippen LogP contribution is -2.50. The Labute approximate surface area is 179 Å². The molecule has 168 valence electrons. The second kappa shape index (κ2) is 9.68. The number of hydrogen-bond acceptors (Lipinski definition) is 5. The molecular formula is C21H36N6O3. The van der Waals surface area contributed by atoms with Gasteiger partial charge in [0.1, 0.15) is 11.7 Å². The number of carbonyl (C=O) groups excluding carboxylic acids is 1. The maximum atomic E-state index is 12.2. The Bertz CT molecular complexity index is 733. The van der Waals surface area contributed by atoms with E-state index in [9.17, 15) is 4.79 Å². The van der Waals surface area contributed by atoms with E-state index in [-0.39, 0.29) is 12.2 Å². The fraction of sp³-hybridized carbons (Fsp3) is 0.762. The lowest BCUT2D eigenvalue weighted by molar-refractivity contribution is -0.00814. The van der Waals surface area contributed by atoms with Crippen LogP contribution in [0.5, 0.6) is 0 Å². The Morgan fingerprint density at radius 1 is 1.30 bits per heavy atom. The van der Waals surface area contributed by atoms with Crippen LogP contribution in [0, 0.1) is 5.92 Å². The van der Waals surface area contributed by atoms with Gasteiger partial charge in [0, 0.05) is 52.0 Å². The van der Waals surface area contributed by atoms with Crippen LogP contribution in [0.4, 0.5) is 4.79 Å². The van der Waals surface area contributed by atoms with Crippen molar-refractivity contribution in [3.63, 3.8) is 0 Å². The predicted octanol–water partition coefficient (Wildman–Crippen LogP) is 2.02. The SMILES string of the molecule is CN=C(NCC1CCN(C(=O)OC(C)(C)C)CC1)N1CCOC(c2cnn(C)c2)C1. The molecule has 0 radical (unpaired) electrons. The quantitative estimate of drug-likeness (QED) is 0.595. The van der Waals surface area contributed by atoms with Crippen LogP contribution >= 0.6 is 0 Å². The number of morpholine rings is 1. The lowest BCUT2D eigenvalue weighted by Gasteiger charge is -2.36. The number of hydrogen-bond donors (Lipinski definition) is 1. The normalized spacial score (nSPS) is 21.6. The van der Waals surface area contributed by atoms with Crippen LogP contribution in [0.3, 0.4) is 0 Å². The summed E-state index contributed by atoms with van der Waals surface area (Å²) in [5, 5.41) is 7.79. The van der Waals surface area contributed by atoms with E-state index in [4.69, 9.17) is 9.47 Å². The van der Waals surface area contributed by atoms with Crippen LogP contribution in [0.2, 0.25) is 0 Å². The van der Waals surface area contributed by atoms with Crippen molar-refractivity contribution >= 4 is 12.1 Å². The fourth-order valence-corrected chi connectivity index (χ4v) is 3.86. The van der Waals surface area contributed by atoms with Gasteiger partial charge in [0.15, 0.2) is 5.96 Å². The molecule has 2 aliphatic heterocycles. The third kappa shape index (κ3) is 6.10. The Hall–Kier alpha value is -2.29. The summed E-state index contributed by atoms with van der Waals surface area (Å²) >= 11 is 0. The highest BCUT2D eigenvalue weighted by atomic mass is 16.6. The predicted molar refractivity (Wildman–Crippen MR) is 115 cm³/mol. The Balaban J connectivity index is 1.45. The van der Waals surface area contributed by atoms with E-state index < -0.39 is 5.60 Å². The summed E-state index contributed by atoms with van der Waals surface area (Å²) in [6.07, 6.45) is 5.59. The van der Waals surface area contributed by atoms with Gasteiger partial charge >= 0.3 is 6.09 Å². The van der Waals surface area contributed by atoms with Crippen LogP contribution in [-0.2, 0) is 16.5 Å². The molecule has 2 saturated heterocycles. The maximum Gasteiger partial charge on any atom is 0.410 e. The average molecular weight is 421 g/mol. The van der Waals surface area contributed by atoms with E-state index in [1.54, 1.807) is 4.68 Å². The van der Waals surface area contributed by atoms with Crippen LogP contribution in [-0.4, -0.2) is 83.6 Å². The molecule has 30 heavy (non-hydrogen) atoms. The molecule has 1 aromatic rings. The van der Waals surface area contributed by atoms with E-state index in [1.807, 2.05) is 52.2 Å². The maximum absolute atomic E-state index is 12.2. The summed E-state index contributed by atoms with van der Waals surface area (Å²) in [7, 11) is 3.74. The molecule has 3 rings (SSSR count). The molecule has 1 aromatic heterocycles. The molecule has 0 aliphatic carbocycles. The fourth-order valence-electron chi connectivity index (χ4n) is 3.86. The summed E-state index contributed by atoms with van der Waals surface area (Å²) in [4.78, 5) is 20.8. The van der Waals surface area contributed by atoms with Gasteiger partial charge in [-0.15, -0.1) is 0 Å². The zero-order valence-electron chi connectivity index (χ0n) is 18.9. The number of piperidine rings is 1. The van der Waals surface area contributed by atoms with Crippen molar-refractivity contribution in [3.05, 3.63) is 18.0 Å². The number of aryl methyl sites for hydroxylation is 1. The highest BCUT2D eigenvalue weighted by molar-refractivity contribution is 5.80. The first-order valence-electron chi connectivity index (χ1n) is 10.8. The molecule has 0 saturated carbocycles. The first kappa shape index (κ1) is 22.4. The second-order valence-corrected chi connectivity index (χ2v) is 9.09. The molecule has 2 aliphatic rings. The number of amides is 1. The third-order valence-corrected chi connectivity index (χ3v) is 5.49. The molecular weight excluding hydrogens is 384 g/mol. The number of rotatable bonds is 3. The molecule has 1 unspecified atom stereocenters. The molecule has 0 spiro atoms. The smallest absolute Gasteiger partial charge is 0.410 e. The molecule has 3 heterocycles. The third-order valence-electron chi connectivity index (χ3n) is 5.49. The summed E-state index contributed by atoms with van der Waals surface area (Å²) in [6.45, 7) is 10.3. The van der Waals surface area contributed by atoms with Gasteiger partial charge in [0.2, 0.25) is 0 Å². The number of ether oxygens (including phenoxy) is 2. The van der Waals surface area contributed by atoms with Gasteiger partial charge in [-0.25, -0.2) is 4.79 Å². The first-order chi connectivity index (χ1) is 14.2. The second-order valence-electron chi connectivity index (χ2n) is 9.09.